The van der Waals surface area contributed by atoms with Crippen molar-refractivity contribution < 1.29 is 4.79 Å². The van der Waals surface area contributed by atoms with Gasteiger partial charge in [0.05, 0.1) is 11.4 Å². The molecule has 1 aromatic carbocycles. The van der Waals surface area contributed by atoms with Gasteiger partial charge in [-0.1, -0.05) is 6.07 Å². The van der Waals surface area contributed by atoms with E-state index in [1.807, 2.05) is 26.0 Å². The maximum atomic E-state index is 12.2. The van der Waals surface area contributed by atoms with Crippen LogP contribution in [0.4, 0.5) is 11.4 Å². The Kier molecular flexibility index (Phi) is 3.07. The van der Waals surface area contributed by atoms with E-state index in [1.54, 1.807) is 0 Å². The van der Waals surface area contributed by atoms with Crippen molar-refractivity contribution in [3.8, 4) is 0 Å². The van der Waals surface area contributed by atoms with E-state index in [9.17, 15) is 4.79 Å². The second-order valence-corrected chi connectivity index (χ2v) is 5.53. The Morgan fingerprint density at radius 3 is 2.61 bits per heavy atom. The molecular weight excluding hydrogens is 226 g/mol. The highest BCUT2D eigenvalue weighted by Crippen LogP contribution is 2.38. The van der Waals surface area contributed by atoms with Crippen LogP contribution in [0.1, 0.15) is 33.3 Å². The molecule has 1 amide bonds. The fourth-order valence-corrected chi connectivity index (χ4v) is 2.62. The fraction of sp³-hybridized carbons (Fsp3) is 0.500. The molecule has 1 heterocycles. The molecule has 0 saturated carbocycles. The van der Waals surface area contributed by atoms with Crippen LogP contribution < -0.4 is 16.0 Å². The van der Waals surface area contributed by atoms with Gasteiger partial charge in [-0.2, -0.15) is 0 Å². The number of fused-ring (bicyclic) bond motifs is 1. The summed E-state index contributed by atoms with van der Waals surface area (Å²) in [6.45, 7) is 8.59. The average molecular weight is 247 g/mol. The van der Waals surface area contributed by atoms with Crippen LogP contribution in [0.5, 0.6) is 0 Å². The third-order valence-corrected chi connectivity index (χ3v) is 3.48. The molecule has 1 aliphatic rings. The highest BCUT2D eigenvalue weighted by molar-refractivity contribution is 6.06. The Hall–Kier alpha value is -1.55. The smallest absolute Gasteiger partial charge is 0.249 e. The van der Waals surface area contributed by atoms with E-state index in [-0.39, 0.29) is 11.9 Å². The summed E-state index contributed by atoms with van der Waals surface area (Å²) in [4.78, 5) is 14.3. The topological polar surface area (TPSA) is 58.4 Å². The van der Waals surface area contributed by atoms with Crippen LogP contribution in [0, 0.1) is 0 Å². The maximum Gasteiger partial charge on any atom is 0.249 e. The quantitative estimate of drug-likeness (QED) is 0.841. The normalized spacial score (nSPS) is 17.7. The van der Waals surface area contributed by atoms with Gasteiger partial charge in [-0.05, 0) is 45.4 Å². The zero-order chi connectivity index (χ0) is 13.5. The number of rotatable bonds is 2. The number of amides is 1. The number of nitrogens with zero attached hydrogens (tertiary/aromatic N) is 1. The third-order valence-electron chi connectivity index (χ3n) is 3.48. The summed E-state index contributed by atoms with van der Waals surface area (Å²) < 4.78 is 0. The predicted octanol–water partition coefficient (Wildman–Crippen LogP) is 2.09. The largest absolute Gasteiger partial charge is 0.353 e. The number of carbonyl (C=O) groups excluding carboxylic acids is 1. The van der Waals surface area contributed by atoms with Crippen LogP contribution in [0.2, 0.25) is 0 Å². The molecule has 3 N–H and O–H groups in total. The van der Waals surface area contributed by atoms with Crippen molar-refractivity contribution in [2.24, 2.45) is 5.73 Å². The van der Waals surface area contributed by atoms with Crippen molar-refractivity contribution in [3.05, 3.63) is 23.8 Å². The van der Waals surface area contributed by atoms with Crippen molar-refractivity contribution in [2.45, 2.75) is 45.8 Å². The summed E-state index contributed by atoms with van der Waals surface area (Å²) in [6, 6.07) is 6.20. The lowest BCUT2D eigenvalue weighted by molar-refractivity contribution is -0.120. The molecule has 0 atom stereocenters. The molecule has 2 rings (SSSR count). The molecule has 4 heteroatoms. The zero-order valence-corrected chi connectivity index (χ0v) is 11.4. The molecule has 0 aromatic heterocycles. The minimum atomic E-state index is -0.547. The molecule has 0 unspecified atom stereocenters. The van der Waals surface area contributed by atoms with Crippen molar-refractivity contribution in [3.63, 3.8) is 0 Å². The summed E-state index contributed by atoms with van der Waals surface area (Å²) >= 11 is 0. The van der Waals surface area contributed by atoms with Gasteiger partial charge in [-0.15, -0.1) is 0 Å². The molecule has 0 bridgehead atoms. The Morgan fingerprint density at radius 2 is 2.06 bits per heavy atom. The second-order valence-electron chi connectivity index (χ2n) is 5.53. The highest BCUT2D eigenvalue weighted by Gasteiger charge is 2.41. The van der Waals surface area contributed by atoms with Crippen molar-refractivity contribution in [1.29, 1.82) is 0 Å². The number of benzene rings is 1. The van der Waals surface area contributed by atoms with E-state index >= 15 is 0 Å². The van der Waals surface area contributed by atoms with E-state index in [4.69, 9.17) is 5.73 Å². The summed E-state index contributed by atoms with van der Waals surface area (Å²) in [5, 5.41) is 2.96. The average Bonchev–Trinajstić information content (AvgIpc) is 2.29. The molecule has 4 nitrogen and oxygen atoms in total. The molecule has 18 heavy (non-hydrogen) atoms. The molecule has 0 radical (unpaired) electrons. The van der Waals surface area contributed by atoms with Crippen molar-refractivity contribution in [1.82, 2.24) is 0 Å². The number of carbonyl (C=O) groups is 1. The summed E-state index contributed by atoms with van der Waals surface area (Å²) in [5.41, 5.74) is 8.14. The van der Waals surface area contributed by atoms with Crippen LogP contribution >= 0.6 is 0 Å². The lowest BCUT2D eigenvalue weighted by atomic mass is 9.94. The predicted molar refractivity (Wildman–Crippen MR) is 74.7 cm³/mol. The van der Waals surface area contributed by atoms with E-state index in [1.165, 1.54) is 0 Å². The molecule has 0 saturated heterocycles. The Balaban J connectivity index is 2.59. The first-order valence-corrected chi connectivity index (χ1v) is 6.31. The van der Waals surface area contributed by atoms with Crippen LogP contribution in [-0.4, -0.2) is 17.5 Å². The number of anilines is 2. The van der Waals surface area contributed by atoms with Crippen LogP contribution in [-0.2, 0) is 11.3 Å². The fourth-order valence-electron chi connectivity index (χ4n) is 2.62. The Morgan fingerprint density at radius 1 is 1.39 bits per heavy atom. The number of nitrogens with two attached hydrogens (primary N) is 1. The molecule has 0 spiro atoms. The van der Waals surface area contributed by atoms with Gasteiger partial charge in [-0.3, -0.25) is 4.79 Å². The van der Waals surface area contributed by atoms with Gasteiger partial charge in [0.2, 0.25) is 5.91 Å². The van der Waals surface area contributed by atoms with E-state index in [0.29, 0.717) is 6.54 Å². The van der Waals surface area contributed by atoms with Gasteiger partial charge in [0.25, 0.3) is 0 Å². The van der Waals surface area contributed by atoms with Crippen molar-refractivity contribution in [2.75, 3.05) is 10.2 Å². The van der Waals surface area contributed by atoms with E-state index in [0.717, 1.165) is 16.9 Å². The third kappa shape index (κ3) is 1.86. The minimum absolute atomic E-state index is 0.0317. The standard InChI is InChI=1S/C14H21N3O/c1-9(2)17-12-7-10(8-15)5-6-11(12)16-13(18)14(17,3)4/h5-7,9H,8,15H2,1-4H3,(H,16,18). The molecular formula is C14H21N3O. The van der Waals surface area contributed by atoms with Gasteiger partial charge >= 0.3 is 0 Å². The summed E-state index contributed by atoms with van der Waals surface area (Å²) in [7, 11) is 0. The first kappa shape index (κ1) is 12.9. The van der Waals surface area contributed by atoms with E-state index in [2.05, 4.69) is 30.1 Å². The molecule has 98 valence electrons. The van der Waals surface area contributed by atoms with Gasteiger partial charge in [0.15, 0.2) is 0 Å². The molecule has 0 fully saturated rings. The SMILES string of the molecule is CC(C)N1c2cc(CN)ccc2NC(=O)C1(C)C. The zero-order valence-electron chi connectivity index (χ0n) is 11.4. The Labute approximate surface area is 108 Å². The lowest BCUT2D eigenvalue weighted by Crippen LogP contribution is -2.58. The van der Waals surface area contributed by atoms with Gasteiger partial charge in [0.1, 0.15) is 5.54 Å². The molecule has 1 aliphatic heterocycles. The molecule has 1 aromatic rings. The van der Waals surface area contributed by atoms with Crippen LogP contribution in [0.3, 0.4) is 0 Å². The maximum absolute atomic E-state index is 12.2. The van der Waals surface area contributed by atoms with Gasteiger partial charge in [0, 0.05) is 12.6 Å². The van der Waals surface area contributed by atoms with Crippen LogP contribution in [0.15, 0.2) is 18.2 Å². The number of hydrogen-bond donors (Lipinski definition) is 2. The van der Waals surface area contributed by atoms with Crippen molar-refractivity contribution >= 4 is 17.3 Å². The number of hydrogen-bond acceptors (Lipinski definition) is 3. The highest BCUT2D eigenvalue weighted by atomic mass is 16.2. The first-order chi connectivity index (χ1) is 8.37. The second kappa shape index (κ2) is 4.28. The van der Waals surface area contributed by atoms with Crippen LogP contribution in [0.25, 0.3) is 0 Å². The van der Waals surface area contributed by atoms with E-state index < -0.39 is 5.54 Å². The summed E-state index contributed by atoms with van der Waals surface area (Å²) in [5.74, 6) is 0.0317. The summed E-state index contributed by atoms with van der Waals surface area (Å²) in [6.07, 6.45) is 0. The van der Waals surface area contributed by atoms with Gasteiger partial charge < -0.3 is 16.0 Å². The number of nitrogens with one attached hydrogen (secondary N) is 1. The van der Waals surface area contributed by atoms with Gasteiger partial charge in [-0.25, -0.2) is 0 Å². The molecule has 0 aliphatic carbocycles. The Bertz CT molecular complexity index is 480. The first-order valence-electron chi connectivity index (χ1n) is 6.31. The monoisotopic (exact) mass is 247 g/mol. The minimum Gasteiger partial charge on any atom is -0.353 e. The lowest BCUT2D eigenvalue weighted by Gasteiger charge is -2.46.